The molecule has 0 aliphatic carbocycles. The van der Waals surface area contributed by atoms with Gasteiger partial charge in [0.1, 0.15) is 0 Å². The summed E-state index contributed by atoms with van der Waals surface area (Å²) < 4.78 is 25.0. The van der Waals surface area contributed by atoms with Gasteiger partial charge in [-0.1, -0.05) is 25.1 Å². The standard InChI is InChI=1S/C17H27N3O3S/c1-5-15-12-18(3)16-10-8-7-9-14(16)11-20(15)17(21)13-19(4)24(22,23)6-2/h7-10,15H,5-6,11-13H2,1-4H3/t15-/m1/s1. The van der Waals surface area contributed by atoms with Gasteiger partial charge in [0, 0.05) is 38.9 Å². The Balaban J connectivity index is 2.25. The summed E-state index contributed by atoms with van der Waals surface area (Å²) in [6.07, 6.45) is 0.828. The molecule has 24 heavy (non-hydrogen) atoms. The fraction of sp³-hybridized carbons (Fsp3) is 0.588. The van der Waals surface area contributed by atoms with Crippen LogP contribution < -0.4 is 4.90 Å². The van der Waals surface area contributed by atoms with Crippen LogP contribution in [0.2, 0.25) is 0 Å². The molecule has 0 saturated carbocycles. The molecule has 0 spiro atoms. The molecule has 1 atom stereocenters. The van der Waals surface area contributed by atoms with Crippen molar-refractivity contribution in [3.05, 3.63) is 29.8 Å². The molecule has 1 aromatic carbocycles. The SMILES string of the molecule is CC[C@@H]1CN(C)c2ccccc2CN1C(=O)CN(C)S(=O)(=O)CC. The molecule has 7 heteroatoms. The van der Waals surface area contributed by atoms with Crippen LogP contribution >= 0.6 is 0 Å². The monoisotopic (exact) mass is 353 g/mol. The molecule has 0 N–H and O–H groups in total. The third kappa shape index (κ3) is 3.89. The minimum Gasteiger partial charge on any atom is -0.372 e. The van der Waals surface area contributed by atoms with E-state index in [4.69, 9.17) is 0 Å². The van der Waals surface area contributed by atoms with Crippen LogP contribution in [-0.4, -0.2) is 62.5 Å². The van der Waals surface area contributed by atoms with E-state index >= 15 is 0 Å². The van der Waals surface area contributed by atoms with Gasteiger partial charge in [0.25, 0.3) is 0 Å². The van der Waals surface area contributed by atoms with E-state index in [1.54, 1.807) is 6.92 Å². The summed E-state index contributed by atoms with van der Waals surface area (Å²) in [6, 6.07) is 8.11. The van der Waals surface area contributed by atoms with Crippen LogP contribution in [0.5, 0.6) is 0 Å². The largest absolute Gasteiger partial charge is 0.372 e. The Bertz CT molecular complexity index is 690. The fourth-order valence-corrected chi connectivity index (χ4v) is 3.83. The Morgan fingerprint density at radius 1 is 1.29 bits per heavy atom. The van der Waals surface area contributed by atoms with Gasteiger partial charge in [-0.3, -0.25) is 4.79 Å². The zero-order valence-corrected chi connectivity index (χ0v) is 15.7. The topological polar surface area (TPSA) is 60.9 Å². The van der Waals surface area contributed by atoms with Crippen molar-refractivity contribution in [3.8, 4) is 0 Å². The van der Waals surface area contributed by atoms with Gasteiger partial charge >= 0.3 is 0 Å². The van der Waals surface area contributed by atoms with Crippen LogP contribution in [0.15, 0.2) is 24.3 Å². The zero-order chi connectivity index (χ0) is 17.9. The molecule has 0 aromatic heterocycles. The fourth-order valence-electron chi connectivity index (χ4n) is 3.08. The summed E-state index contributed by atoms with van der Waals surface area (Å²) in [5.41, 5.74) is 2.21. The Morgan fingerprint density at radius 3 is 2.58 bits per heavy atom. The van der Waals surface area contributed by atoms with Gasteiger partial charge in [0.15, 0.2) is 0 Å². The number of hydrogen-bond acceptors (Lipinski definition) is 4. The quantitative estimate of drug-likeness (QED) is 0.805. The number of likely N-dealkylation sites (N-methyl/N-ethyl adjacent to an activating group) is 2. The maximum Gasteiger partial charge on any atom is 0.238 e. The first-order chi connectivity index (χ1) is 11.3. The molecule has 1 aliphatic rings. The molecule has 0 radical (unpaired) electrons. The van der Waals surface area contributed by atoms with Gasteiger partial charge in [0.2, 0.25) is 15.9 Å². The Hall–Kier alpha value is -1.60. The van der Waals surface area contributed by atoms with Crippen molar-refractivity contribution >= 4 is 21.6 Å². The van der Waals surface area contributed by atoms with Crippen LogP contribution in [0, 0.1) is 0 Å². The van der Waals surface area contributed by atoms with Crippen molar-refractivity contribution in [2.24, 2.45) is 0 Å². The third-order valence-corrected chi connectivity index (χ3v) is 6.47. The number of rotatable bonds is 5. The lowest BCUT2D eigenvalue weighted by atomic mass is 10.1. The highest BCUT2D eigenvalue weighted by molar-refractivity contribution is 7.89. The van der Waals surface area contributed by atoms with E-state index in [9.17, 15) is 13.2 Å². The van der Waals surface area contributed by atoms with Gasteiger partial charge in [-0.15, -0.1) is 0 Å². The van der Waals surface area contributed by atoms with E-state index in [1.165, 1.54) is 7.05 Å². The van der Waals surface area contributed by atoms with E-state index < -0.39 is 10.0 Å². The molecule has 0 unspecified atom stereocenters. The maximum atomic E-state index is 12.8. The van der Waals surface area contributed by atoms with Crippen LogP contribution in [0.4, 0.5) is 5.69 Å². The summed E-state index contributed by atoms with van der Waals surface area (Å²) in [5, 5.41) is 0. The second kappa shape index (κ2) is 7.53. The van der Waals surface area contributed by atoms with Crippen molar-refractivity contribution in [1.82, 2.24) is 9.21 Å². The van der Waals surface area contributed by atoms with Crippen molar-refractivity contribution in [2.45, 2.75) is 32.9 Å². The van der Waals surface area contributed by atoms with Gasteiger partial charge in [0.05, 0.1) is 12.3 Å². The molecular formula is C17H27N3O3S. The number of nitrogens with zero attached hydrogens (tertiary/aromatic N) is 3. The summed E-state index contributed by atoms with van der Waals surface area (Å²) in [7, 11) is 0.138. The molecule has 1 aromatic rings. The summed E-state index contributed by atoms with van der Waals surface area (Å²) >= 11 is 0. The lowest BCUT2D eigenvalue weighted by Gasteiger charge is -2.31. The maximum absolute atomic E-state index is 12.8. The zero-order valence-electron chi connectivity index (χ0n) is 14.9. The predicted molar refractivity (Wildman–Crippen MR) is 96.4 cm³/mol. The average Bonchev–Trinajstić information content (AvgIpc) is 2.71. The highest BCUT2D eigenvalue weighted by atomic mass is 32.2. The third-order valence-electron chi connectivity index (χ3n) is 4.66. The number of fused-ring (bicyclic) bond motifs is 1. The number of carbonyl (C=O) groups is 1. The molecule has 2 rings (SSSR count). The number of benzene rings is 1. The van der Waals surface area contributed by atoms with Crippen LogP contribution in [0.25, 0.3) is 0 Å². The van der Waals surface area contributed by atoms with Crippen molar-refractivity contribution < 1.29 is 13.2 Å². The van der Waals surface area contributed by atoms with E-state index in [2.05, 4.69) is 17.9 Å². The number of sulfonamides is 1. The molecule has 0 fully saturated rings. The molecular weight excluding hydrogens is 326 g/mol. The van der Waals surface area contributed by atoms with Crippen molar-refractivity contribution in [3.63, 3.8) is 0 Å². The highest BCUT2D eigenvalue weighted by Crippen LogP contribution is 2.27. The molecule has 134 valence electrons. The number of amides is 1. The lowest BCUT2D eigenvalue weighted by Crippen LogP contribution is -2.47. The molecule has 1 amide bonds. The molecule has 6 nitrogen and oxygen atoms in total. The van der Waals surface area contributed by atoms with E-state index in [1.807, 2.05) is 30.1 Å². The van der Waals surface area contributed by atoms with Crippen LogP contribution in [0.3, 0.4) is 0 Å². The van der Waals surface area contributed by atoms with E-state index in [0.717, 1.165) is 28.5 Å². The average molecular weight is 353 g/mol. The summed E-state index contributed by atoms with van der Waals surface area (Å²) in [5.74, 6) is -0.147. The molecule has 1 heterocycles. The summed E-state index contributed by atoms with van der Waals surface area (Å²) in [4.78, 5) is 16.8. The molecule has 1 aliphatic heterocycles. The minimum atomic E-state index is -3.36. The van der Waals surface area contributed by atoms with Crippen molar-refractivity contribution in [1.29, 1.82) is 0 Å². The Labute approximate surface area is 145 Å². The highest BCUT2D eigenvalue weighted by Gasteiger charge is 2.30. The number of carbonyl (C=O) groups excluding carboxylic acids is 1. The lowest BCUT2D eigenvalue weighted by molar-refractivity contribution is -0.134. The number of hydrogen-bond donors (Lipinski definition) is 0. The first kappa shape index (κ1) is 18.7. The number of anilines is 1. The van der Waals surface area contributed by atoms with Gasteiger partial charge in [-0.2, -0.15) is 4.31 Å². The minimum absolute atomic E-state index is 0.000439. The van der Waals surface area contributed by atoms with E-state index in [0.29, 0.717) is 6.54 Å². The van der Waals surface area contributed by atoms with Crippen LogP contribution in [-0.2, 0) is 21.4 Å². The van der Waals surface area contributed by atoms with Crippen LogP contribution in [0.1, 0.15) is 25.8 Å². The normalized spacial score (nSPS) is 18.5. The Kier molecular flexibility index (Phi) is 5.87. The van der Waals surface area contributed by atoms with Gasteiger partial charge in [-0.05, 0) is 25.0 Å². The first-order valence-corrected chi connectivity index (χ1v) is 9.93. The van der Waals surface area contributed by atoms with E-state index in [-0.39, 0.29) is 24.2 Å². The van der Waals surface area contributed by atoms with Gasteiger partial charge < -0.3 is 9.80 Å². The summed E-state index contributed by atoms with van der Waals surface area (Å²) in [6.45, 7) is 4.78. The second-order valence-electron chi connectivity index (χ2n) is 6.25. The smallest absolute Gasteiger partial charge is 0.238 e. The van der Waals surface area contributed by atoms with Crippen molar-refractivity contribution in [2.75, 3.05) is 37.8 Å². The predicted octanol–water partition coefficient (Wildman–Crippen LogP) is 1.53. The second-order valence-corrected chi connectivity index (χ2v) is 8.61. The number of para-hydroxylation sites is 1. The Morgan fingerprint density at radius 2 is 1.96 bits per heavy atom. The molecule has 0 saturated heterocycles. The first-order valence-electron chi connectivity index (χ1n) is 8.32. The molecule has 0 bridgehead atoms. The van der Waals surface area contributed by atoms with Gasteiger partial charge in [-0.25, -0.2) is 8.42 Å².